The number of nitrogens with one attached hydrogen (secondary N) is 2. The lowest BCUT2D eigenvalue weighted by Gasteiger charge is -2.22. The van der Waals surface area contributed by atoms with Crippen LogP contribution < -0.4 is 10.6 Å². The maximum absolute atomic E-state index is 11.8. The van der Waals surface area contributed by atoms with Crippen LogP contribution in [0.25, 0.3) is 0 Å². The van der Waals surface area contributed by atoms with Crippen LogP contribution in [-0.4, -0.2) is 64.3 Å². The van der Waals surface area contributed by atoms with E-state index < -0.39 is 0 Å². The van der Waals surface area contributed by atoms with Gasteiger partial charge >= 0.3 is 0 Å². The van der Waals surface area contributed by atoms with Crippen molar-refractivity contribution in [2.24, 2.45) is 5.92 Å². The number of hydrogen-bond donors (Lipinski definition) is 2. The minimum Gasteiger partial charge on any atom is -0.383 e. The average Bonchev–Trinajstić information content (AvgIpc) is 2.37. The lowest BCUT2D eigenvalue weighted by atomic mass is 9.99. The number of carbonyl (C=O) groups excluding carboxylic acids is 1. The summed E-state index contributed by atoms with van der Waals surface area (Å²) in [5.74, 6) is 0.352. The van der Waals surface area contributed by atoms with Gasteiger partial charge < -0.3 is 20.3 Å². The highest BCUT2D eigenvalue weighted by Gasteiger charge is 2.20. The Bertz CT molecular complexity index is 218. The molecule has 5 nitrogen and oxygen atoms in total. The first-order chi connectivity index (χ1) is 8.24. The normalized spacial score (nSPS) is 20.5. The van der Waals surface area contributed by atoms with Crippen LogP contribution in [0.2, 0.25) is 0 Å². The van der Waals surface area contributed by atoms with E-state index in [4.69, 9.17) is 4.74 Å². The summed E-state index contributed by atoms with van der Waals surface area (Å²) in [6.45, 7) is 5.09. The molecule has 100 valence electrons. The van der Waals surface area contributed by atoms with E-state index >= 15 is 0 Å². The number of nitrogens with zero attached hydrogens (tertiary/aromatic N) is 1. The van der Waals surface area contributed by atoms with Crippen molar-refractivity contribution >= 4 is 5.91 Å². The van der Waals surface area contributed by atoms with Crippen LogP contribution in [0.1, 0.15) is 12.8 Å². The Labute approximate surface area is 104 Å². The summed E-state index contributed by atoms with van der Waals surface area (Å²) in [7, 11) is 3.74. The molecule has 0 saturated carbocycles. The fraction of sp³-hybridized carbons (Fsp3) is 0.917. The molecule has 1 aliphatic rings. The Balaban J connectivity index is 2.06. The molecule has 0 aromatic carbocycles. The first-order valence-corrected chi connectivity index (χ1v) is 6.40. The van der Waals surface area contributed by atoms with Crippen LogP contribution in [0.5, 0.6) is 0 Å². The van der Waals surface area contributed by atoms with Crippen molar-refractivity contribution < 1.29 is 9.53 Å². The summed E-state index contributed by atoms with van der Waals surface area (Å²) in [6.07, 6.45) is 2.12. The van der Waals surface area contributed by atoms with E-state index in [1.165, 1.54) is 0 Å². The van der Waals surface area contributed by atoms with Crippen LogP contribution in [0.4, 0.5) is 0 Å². The molecule has 1 rings (SSSR count). The maximum atomic E-state index is 11.8. The summed E-state index contributed by atoms with van der Waals surface area (Å²) in [4.78, 5) is 14.0. The minimum atomic E-state index is 0.160. The SMILES string of the molecule is COCCN(C)CCNC(=O)[C@@H]1CCCNC1. The standard InChI is InChI=1S/C12H25N3O2/c1-15(8-9-17-2)7-6-14-12(16)11-4-3-5-13-10-11/h11,13H,3-10H2,1-2H3,(H,14,16)/t11-/m1/s1. The molecule has 0 bridgehead atoms. The van der Waals surface area contributed by atoms with Crippen LogP contribution in [0.3, 0.4) is 0 Å². The van der Waals surface area contributed by atoms with Gasteiger partial charge in [0.25, 0.3) is 0 Å². The van der Waals surface area contributed by atoms with Gasteiger partial charge in [-0.1, -0.05) is 0 Å². The number of carbonyl (C=O) groups is 1. The fourth-order valence-corrected chi connectivity index (χ4v) is 1.95. The highest BCUT2D eigenvalue weighted by Crippen LogP contribution is 2.09. The smallest absolute Gasteiger partial charge is 0.224 e. The fourth-order valence-electron chi connectivity index (χ4n) is 1.95. The van der Waals surface area contributed by atoms with Gasteiger partial charge in [0.1, 0.15) is 0 Å². The summed E-state index contributed by atoms with van der Waals surface area (Å²) < 4.78 is 5.00. The molecule has 1 atom stereocenters. The minimum absolute atomic E-state index is 0.160. The molecule has 2 N–H and O–H groups in total. The van der Waals surface area contributed by atoms with Gasteiger partial charge in [0.15, 0.2) is 0 Å². The van der Waals surface area contributed by atoms with Crippen molar-refractivity contribution in [1.29, 1.82) is 0 Å². The second kappa shape index (κ2) is 8.44. The Hall–Kier alpha value is -0.650. The molecule has 1 saturated heterocycles. The van der Waals surface area contributed by atoms with Crippen molar-refractivity contribution in [2.45, 2.75) is 12.8 Å². The van der Waals surface area contributed by atoms with Crippen LogP contribution >= 0.6 is 0 Å². The van der Waals surface area contributed by atoms with Gasteiger partial charge in [0, 0.05) is 33.3 Å². The largest absolute Gasteiger partial charge is 0.383 e. The van der Waals surface area contributed by atoms with Crippen molar-refractivity contribution in [2.75, 3.05) is 53.5 Å². The third kappa shape index (κ3) is 6.00. The predicted octanol–water partition coefficient (Wildman–Crippen LogP) is -0.320. The molecule has 1 amide bonds. The van der Waals surface area contributed by atoms with Gasteiger partial charge in [-0.2, -0.15) is 0 Å². The molecule has 0 aromatic heterocycles. The molecule has 0 spiro atoms. The van der Waals surface area contributed by atoms with Crippen LogP contribution in [0.15, 0.2) is 0 Å². The highest BCUT2D eigenvalue weighted by molar-refractivity contribution is 5.78. The second-order valence-corrected chi connectivity index (χ2v) is 4.63. The van der Waals surface area contributed by atoms with Crippen molar-refractivity contribution in [1.82, 2.24) is 15.5 Å². The number of piperidine rings is 1. The molecule has 17 heavy (non-hydrogen) atoms. The molecule has 1 heterocycles. The molecular weight excluding hydrogens is 218 g/mol. The number of rotatable bonds is 7. The number of likely N-dealkylation sites (N-methyl/N-ethyl adjacent to an activating group) is 1. The van der Waals surface area contributed by atoms with Crippen molar-refractivity contribution in [3.63, 3.8) is 0 Å². The van der Waals surface area contributed by atoms with Crippen LogP contribution in [-0.2, 0) is 9.53 Å². The summed E-state index contributed by atoms with van der Waals surface area (Å²) in [6, 6.07) is 0. The molecule has 0 radical (unpaired) electrons. The number of ether oxygens (including phenoxy) is 1. The lowest BCUT2D eigenvalue weighted by Crippen LogP contribution is -2.42. The molecule has 0 aromatic rings. The monoisotopic (exact) mass is 243 g/mol. The summed E-state index contributed by atoms with van der Waals surface area (Å²) in [5, 5.41) is 6.25. The molecule has 0 aliphatic carbocycles. The van der Waals surface area contributed by atoms with E-state index in [2.05, 4.69) is 15.5 Å². The van der Waals surface area contributed by atoms with Gasteiger partial charge in [0.2, 0.25) is 5.91 Å². The van der Waals surface area contributed by atoms with Crippen molar-refractivity contribution in [3.8, 4) is 0 Å². The Kier molecular flexibility index (Phi) is 7.16. The van der Waals surface area contributed by atoms with E-state index in [9.17, 15) is 4.79 Å². The topological polar surface area (TPSA) is 53.6 Å². The lowest BCUT2D eigenvalue weighted by molar-refractivity contribution is -0.125. The van der Waals surface area contributed by atoms with E-state index in [1.807, 2.05) is 7.05 Å². The zero-order valence-electron chi connectivity index (χ0n) is 11.0. The Morgan fingerprint density at radius 1 is 1.53 bits per heavy atom. The van der Waals surface area contributed by atoms with Crippen LogP contribution in [0, 0.1) is 5.92 Å². The first-order valence-electron chi connectivity index (χ1n) is 6.40. The summed E-state index contributed by atoms with van der Waals surface area (Å²) in [5.41, 5.74) is 0. The third-order valence-corrected chi connectivity index (χ3v) is 3.14. The molecular formula is C12H25N3O2. The number of methoxy groups -OCH3 is 1. The van der Waals surface area contributed by atoms with E-state index in [0.29, 0.717) is 0 Å². The molecule has 1 fully saturated rings. The average molecular weight is 243 g/mol. The van der Waals surface area contributed by atoms with Gasteiger partial charge in [-0.3, -0.25) is 4.79 Å². The number of hydrogen-bond acceptors (Lipinski definition) is 4. The quantitative estimate of drug-likeness (QED) is 0.643. The van der Waals surface area contributed by atoms with E-state index in [1.54, 1.807) is 7.11 Å². The number of amides is 1. The predicted molar refractivity (Wildman–Crippen MR) is 68.0 cm³/mol. The Morgan fingerprint density at radius 3 is 3.00 bits per heavy atom. The zero-order chi connectivity index (χ0) is 12.5. The maximum Gasteiger partial charge on any atom is 0.224 e. The van der Waals surface area contributed by atoms with Gasteiger partial charge in [-0.25, -0.2) is 0 Å². The van der Waals surface area contributed by atoms with E-state index in [-0.39, 0.29) is 11.8 Å². The second-order valence-electron chi connectivity index (χ2n) is 4.63. The van der Waals surface area contributed by atoms with Gasteiger partial charge in [0.05, 0.1) is 12.5 Å². The Morgan fingerprint density at radius 2 is 2.35 bits per heavy atom. The van der Waals surface area contributed by atoms with Crippen molar-refractivity contribution in [3.05, 3.63) is 0 Å². The zero-order valence-corrected chi connectivity index (χ0v) is 11.0. The third-order valence-electron chi connectivity index (χ3n) is 3.14. The van der Waals surface area contributed by atoms with E-state index in [0.717, 1.165) is 52.2 Å². The first kappa shape index (κ1) is 14.4. The van der Waals surface area contributed by atoms with Gasteiger partial charge in [-0.15, -0.1) is 0 Å². The molecule has 5 heteroatoms. The molecule has 0 unspecified atom stereocenters. The highest BCUT2D eigenvalue weighted by atomic mass is 16.5. The molecule has 1 aliphatic heterocycles. The van der Waals surface area contributed by atoms with Gasteiger partial charge in [-0.05, 0) is 26.4 Å². The summed E-state index contributed by atoms with van der Waals surface area (Å²) >= 11 is 0.